The molecule has 2 amide bonds. The quantitative estimate of drug-likeness (QED) is 0.820. The summed E-state index contributed by atoms with van der Waals surface area (Å²) in [5.74, 6) is -0.0453. The molecule has 0 fully saturated rings. The van der Waals surface area contributed by atoms with Crippen LogP contribution in [-0.2, 0) is 26.3 Å². The van der Waals surface area contributed by atoms with Gasteiger partial charge in [0.1, 0.15) is 0 Å². The van der Waals surface area contributed by atoms with E-state index in [4.69, 9.17) is 11.6 Å². The first-order chi connectivity index (χ1) is 11.7. The van der Waals surface area contributed by atoms with Gasteiger partial charge < -0.3 is 5.32 Å². The number of halogens is 1. The smallest absolute Gasteiger partial charge is 0.307 e. The van der Waals surface area contributed by atoms with E-state index >= 15 is 0 Å². The Hall–Kier alpha value is -2.10. The molecule has 25 heavy (non-hydrogen) atoms. The van der Waals surface area contributed by atoms with Crippen LogP contribution in [0.1, 0.15) is 5.56 Å². The lowest BCUT2D eigenvalue weighted by Crippen LogP contribution is -2.34. The van der Waals surface area contributed by atoms with Crippen molar-refractivity contribution >= 4 is 43.2 Å². The number of sulfone groups is 1. The number of hydrogen-bond donors (Lipinski definition) is 2. The number of fused-ring (bicyclic) bond motifs is 1. The molecule has 0 aromatic heterocycles. The van der Waals surface area contributed by atoms with Crippen LogP contribution in [0.4, 0.5) is 10.5 Å². The zero-order valence-electron chi connectivity index (χ0n) is 12.7. The lowest BCUT2D eigenvalue weighted by Gasteiger charge is -2.10. The second kappa shape index (κ2) is 6.32. The van der Waals surface area contributed by atoms with E-state index in [1.165, 1.54) is 36.4 Å². The SMILES string of the molecule is O=C(Nc1ccc(Cl)cc1)NS(=O)(=O)c1ccc2c(c1)S(=O)(=O)CC2. The van der Waals surface area contributed by atoms with Crippen LogP contribution in [-0.4, -0.2) is 28.6 Å². The van der Waals surface area contributed by atoms with E-state index in [0.717, 1.165) is 6.07 Å². The summed E-state index contributed by atoms with van der Waals surface area (Å²) in [7, 11) is -7.69. The third-order valence-corrected chi connectivity index (χ3v) is 7.03. The van der Waals surface area contributed by atoms with Crippen molar-refractivity contribution in [1.29, 1.82) is 0 Å². The lowest BCUT2D eigenvalue weighted by molar-refractivity contribution is 0.256. The van der Waals surface area contributed by atoms with Crippen LogP contribution >= 0.6 is 11.6 Å². The van der Waals surface area contributed by atoms with Crippen molar-refractivity contribution in [3.05, 3.63) is 53.1 Å². The number of sulfonamides is 1. The molecular formula is C15H13ClN2O5S2. The average Bonchev–Trinajstić information content (AvgIpc) is 2.84. The van der Waals surface area contributed by atoms with Crippen LogP contribution in [0.15, 0.2) is 52.3 Å². The first kappa shape index (κ1) is 17.7. The molecule has 3 rings (SSSR count). The fourth-order valence-corrected chi connectivity index (χ4v) is 5.14. The van der Waals surface area contributed by atoms with Gasteiger partial charge in [-0.25, -0.2) is 26.4 Å². The molecule has 0 atom stereocenters. The number of rotatable bonds is 3. The van der Waals surface area contributed by atoms with Gasteiger partial charge in [0.2, 0.25) is 0 Å². The summed E-state index contributed by atoms with van der Waals surface area (Å²) in [5.41, 5.74) is 0.929. The third-order valence-electron chi connectivity index (χ3n) is 3.65. The van der Waals surface area contributed by atoms with E-state index in [-0.39, 0.29) is 15.5 Å². The summed E-state index contributed by atoms with van der Waals surface area (Å²) < 4.78 is 50.3. The van der Waals surface area contributed by atoms with Gasteiger partial charge in [-0.1, -0.05) is 17.7 Å². The molecular weight excluding hydrogens is 388 g/mol. The molecule has 0 unspecified atom stereocenters. The minimum Gasteiger partial charge on any atom is -0.307 e. The maximum absolute atomic E-state index is 12.3. The zero-order chi connectivity index (χ0) is 18.2. The van der Waals surface area contributed by atoms with Crippen molar-refractivity contribution < 1.29 is 21.6 Å². The largest absolute Gasteiger partial charge is 0.333 e. The van der Waals surface area contributed by atoms with Gasteiger partial charge in [0.05, 0.1) is 15.5 Å². The fraction of sp³-hybridized carbons (Fsp3) is 0.133. The number of aryl methyl sites for hydroxylation is 1. The number of hydrogen-bond acceptors (Lipinski definition) is 5. The van der Waals surface area contributed by atoms with Crippen molar-refractivity contribution in [3.8, 4) is 0 Å². The highest BCUT2D eigenvalue weighted by atomic mass is 35.5. The molecule has 1 aliphatic heterocycles. The predicted molar refractivity (Wildman–Crippen MR) is 93.0 cm³/mol. The summed E-state index contributed by atoms with van der Waals surface area (Å²) in [5, 5.41) is 2.83. The molecule has 2 N–H and O–H groups in total. The molecule has 0 radical (unpaired) electrons. The number of nitrogens with one attached hydrogen (secondary N) is 2. The second-order valence-electron chi connectivity index (χ2n) is 5.40. The minimum atomic E-state index is -4.21. The predicted octanol–water partition coefficient (Wildman–Crippen LogP) is 2.18. The van der Waals surface area contributed by atoms with Crippen LogP contribution < -0.4 is 10.0 Å². The number of carbonyl (C=O) groups excluding carboxylic acids is 1. The highest BCUT2D eigenvalue weighted by molar-refractivity contribution is 7.92. The average molecular weight is 401 g/mol. The Bertz CT molecular complexity index is 1050. The van der Waals surface area contributed by atoms with Crippen molar-refractivity contribution in [2.75, 3.05) is 11.1 Å². The fourth-order valence-electron chi connectivity index (χ4n) is 2.42. The molecule has 1 heterocycles. The lowest BCUT2D eigenvalue weighted by atomic mass is 10.2. The van der Waals surface area contributed by atoms with Gasteiger partial charge >= 0.3 is 6.03 Å². The maximum Gasteiger partial charge on any atom is 0.333 e. The van der Waals surface area contributed by atoms with Gasteiger partial charge in [-0.2, -0.15) is 0 Å². The molecule has 2 aromatic carbocycles. The Morgan fingerprint density at radius 1 is 1.08 bits per heavy atom. The molecule has 132 valence electrons. The van der Waals surface area contributed by atoms with Crippen LogP contribution in [0.3, 0.4) is 0 Å². The Labute approximate surface area is 150 Å². The highest BCUT2D eigenvalue weighted by Crippen LogP contribution is 2.28. The molecule has 0 bridgehead atoms. The first-order valence-corrected chi connectivity index (χ1v) is 10.6. The molecule has 0 spiro atoms. The van der Waals surface area contributed by atoms with Gasteiger partial charge in [0.25, 0.3) is 10.0 Å². The Morgan fingerprint density at radius 2 is 1.76 bits per heavy atom. The monoisotopic (exact) mass is 400 g/mol. The van der Waals surface area contributed by atoms with Gasteiger partial charge in [-0.15, -0.1) is 0 Å². The normalized spacial score (nSPS) is 15.4. The van der Waals surface area contributed by atoms with Gasteiger partial charge in [0.15, 0.2) is 9.84 Å². The topological polar surface area (TPSA) is 109 Å². The van der Waals surface area contributed by atoms with E-state index in [1.807, 2.05) is 4.72 Å². The molecule has 0 aliphatic carbocycles. The molecule has 7 nitrogen and oxygen atoms in total. The van der Waals surface area contributed by atoms with E-state index < -0.39 is 25.9 Å². The molecule has 10 heteroatoms. The van der Waals surface area contributed by atoms with Crippen molar-refractivity contribution in [3.63, 3.8) is 0 Å². The summed E-state index contributed by atoms with van der Waals surface area (Å²) >= 11 is 5.73. The number of benzene rings is 2. The number of anilines is 1. The summed E-state index contributed by atoms with van der Waals surface area (Å²) in [6, 6.07) is 8.94. The Balaban J connectivity index is 1.80. The van der Waals surface area contributed by atoms with Gasteiger partial charge in [-0.3, -0.25) is 0 Å². The Morgan fingerprint density at radius 3 is 2.44 bits per heavy atom. The standard InChI is InChI=1S/C15H13ClN2O5S2/c16-11-2-4-12(5-3-11)17-15(19)18-25(22,23)13-6-1-10-7-8-24(20,21)14(10)9-13/h1-6,9H,7-8H2,(H2,17,18,19). The summed E-state index contributed by atoms with van der Waals surface area (Å²) in [6.45, 7) is 0. The van der Waals surface area contributed by atoms with Crippen molar-refractivity contribution in [2.24, 2.45) is 0 Å². The van der Waals surface area contributed by atoms with E-state index in [2.05, 4.69) is 5.32 Å². The maximum atomic E-state index is 12.3. The van der Waals surface area contributed by atoms with E-state index in [1.54, 1.807) is 0 Å². The van der Waals surface area contributed by atoms with Crippen LogP contribution in [0, 0.1) is 0 Å². The molecule has 1 aliphatic rings. The van der Waals surface area contributed by atoms with E-state index in [9.17, 15) is 21.6 Å². The highest BCUT2D eigenvalue weighted by Gasteiger charge is 2.28. The van der Waals surface area contributed by atoms with E-state index in [0.29, 0.717) is 22.7 Å². The van der Waals surface area contributed by atoms with Crippen molar-refractivity contribution in [1.82, 2.24) is 4.72 Å². The molecule has 0 saturated carbocycles. The summed E-state index contributed by atoms with van der Waals surface area (Å²) in [6.07, 6.45) is 0.350. The van der Waals surface area contributed by atoms with Gasteiger partial charge in [-0.05, 0) is 48.4 Å². The molecule has 2 aromatic rings. The van der Waals surface area contributed by atoms with Crippen LogP contribution in [0.25, 0.3) is 0 Å². The van der Waals surface area contributed by atoms with Crippen LogP contribution in [0.5, 0.6) is 0 Å². The Kier molecular flexibility index (Phi) is 4.48. The second-order valence-corrected chi connectivity index (χ2v) is 9.60. The molecule has 0 saturated heterocycles. The summed E-state index contributed by atoms with van der Waals surface area (Å²) in [4.78, 5) is 11.6. The first-order valence-electron chi connectivity index (χ1n) is 7.12. The minimum absolute atomic E-state index is 0.00603. The third kappa shape index (κ3) is 3.78. The number of carbonyl (C=O) groups is 1. The number of amides is 2. The number of urea groups is 1. The van der Waals surface area contributed by atoms with Gasteiger partial charge in [0, 0.05) is 10.7 Å². The zero-order valence-corrected chi connectivity index (χ0v) is 15.1. The van der Waals surface area contributed by atoms with Crippen LogP contribution in [0.2, 0.25) is 5.02 Å². The van der Waals surface area contributed by atoms with Crippen molar-refractivity contribution in [2.45, 2.75) is 16.2 Å².